The lowest BCUT2D eigenvalue weighted by atomic mass is 10.1. The van der Waals surface area contributed by atoms with Gasteiger partial charge in [0, 0.05) is 17.5 Å². The van der Waals surface area contributed by atoms with E-state index in [2.05, 4.69) is 44.0 Å². The van der Waals surface area contributed by atoms with Gasteiger partial charge >= 0.3 is 0 Å². The van der Waals surface area contributed by atoms with Crippen LogP contribution in [-0.4, -0.2) is 24.7 Å². The first-order valence-electron chi connectivity index (χ1n) is 7.22. The molecule has 0 heterocycles. The molecule has 1 rings (SSSR count). The average Bonchev–Trinajstić information content (AvgIpc) is 2.51. The number of rotatable bonds is 5. The van der Waals surface area contributed by atoms with Crippen molar-refractivity contribution >= 4 is 24.6 Å². The van der Waals surface area contributed by atoms with Crippen molar-refractivity contribution in [2.24, 2.45) is 4.99 Å². The van der Waals surface area contributed by atoms with E-state index < -0.39 is 7.22 Å². The van der Waals surface area contributed by atoms with Gasteiger partial charge in [0.15, 0.2) is 0 Å². The summed E-state index contributed by atoms with van der Waals surface area (Å²) in [7, 11) is -1.01. The SMILES string of the molecule is CCC(/C=N/C1CCCCCC1)S[Si](C)(C)C. The summed E-state index contributed by atoms with van der Waals surface area (Å²) >= 11 is 2.19. The zero-order chi connectivity index (χ0) is 12.7. The molecule has 1 atom stereocenters. The Kier molecular flexibility index (Phi) is 6.86. The third-order valence-electron chi connectivity index (χ3n) is 3.20. The van der Waals surface area contributed by atoms with Crippen LogP contribution in [0.5, 0.6) is 0 Å². The van der Waals surface area contributed by atoms with Gasteiger partial charge in [0.05, 0.1) is 0 Å². The number of aliphatic imine (C=N–C) groups is 1. The second-order valence-corrected chi connectivity index (χ2v) is 15.6. The van der Waals surface area contributed by atoms with Crippen molar-refractivity contribution in [2.45, 2.75) is 82.8 Å². The van der Waals surface area contributed by atoms with Crippen LogP contribution >= 0.6 is 11.2 Å². The molecule has 17 heavy (non-hydrogen) atoms. The van der Waals surface area contributed by atoms with Gasteiger partial charge in [0.1, 0.15) is 7.22 Å². The smallest absolute Gasteiger partial charge is 0.109 e. The van der Waals surface area contributed by atoms with E-state index in [1.165, 1.54) is 44.9 Å². The van der Waals surface area contributed by atoms with Gasteiger partial charge in [-0.2, -0.15) is 11.2 Å². The van der Waals surface area contributed by atoms with Gasteiger partial charge in [-0.1, -0.05) is 52.2 Å². The molecule has 0 aromatic heterocycles. The van der Waals surface area contributed by atoms with E-state index in [9.17, 15) is 0 Å². The van der Waals surface area contributed by atoms with Crippen molar-refractivity contribution in [3.63, 3.8) is 0 Å². The van der Waals surface area contributed by atoms with E-state index in [1.54, 1.807) is 0 Å². The van der Waals surface area contributed by atoms with Crippen molar-refractivity contribution in [3.8, 4) is 0 Å². The van der Waals surface area contributed by atoms with Crippen molar-refractivity contribution in [1.29, 1.82) is 0 Å². The van der Waals surface area contributed by atoms with Crippen LogP contribution in [0.15, 0.2) is 4.99 Å². The van der Waals surface area contributed by atoms with E-state index in [0.29, 0.717) is 11.3 Å². The minimum Gasteiger partial charge on any atom is -0.293 e. The Balaban J connectivity index is 2.42. The largest absolute Gasteiger partial charge is 0.293 e. The predicted molar refractivity (Wildman–Crippen MR) is 85.0 cm³/mol. The highest BCUT2D eigenvalue weighted by atomic mass is 32.4. The summed E-state index contributed by atoms with van der Waals surface area (Å²) in [6.45, 7) is 9.58. The Morgan fingerprint density at radius 2 is 1.76 bits per heavy atom. The van der Waals surface area contributed by atoms with Gasteiger partial charge in [0.25, 0.3) is 0 Å². The Hall–Kier alpha value is 0.237. The first-order chi connectivity index (χ1) is 8.01. The van der Waals surface area contributed by atoms with Gasteiger partial charge in [-0.25, -0.2) is 0 Å². The van der Waals surface area contributed by atoms with Crippen molar-refractivity contribution in [3.05, 3.63) is 0 Å². The molecule has 0 bridgehead atoms. The molecule has 1 unspecified atom stereocenters. The van der Waals surface area contributed by atoms with Gasteiger partial charge in [0.2, 0.25) is 0 Å². The van der Waals surface area contributed by atoms with Crippen LogP contribution in [0.4, 0.5) is 0 Å². The zero-order valence-electron chi connectivity index (χ0n) is 12.0. The lowest BCUT2D eigenvalue weighted by Gasteiger charge is -2.21. The summed E-state index contributed by atoms with van der Waals surface area (Å²) in [5.41, 5.74) is 0. The maximum atomic E-state index is 4.87. The second kappa shape index (κ2) is 7.62. The lowest BCUT2D eigenvalue weighted by molar-refractivity contribution is 0.586. The van der Waals surface area contributed by atoms with Crippen molar-refractivity contribution < 1.29 is 0 Å². The molecule has 1 nitrogen and oxygen atoms in total. The summed E-state index contributed by atoms with van der Waals surface area (Å²) in [6, 6.07) is 0.633. The molecular formula is C14H29NSSi. The van der Waals surface area contributed by atoms with E-state index in [0.717, 1.165) is 0 Å². The summed E-state index contributed by atoms with van der Waals surface area (Å²) < 4.78 is 0. The molecule has 0 aromatic rings. The van der Waals surface area contributed by atoms with Gasteiger partial charge in [-0.15, -0.1) is 0 Å². The van der Waals surface area contributed by atoms with Crippen LogP contribution in [0.25, 0.3) is 0 Å². The first-order valence-corrected chi connectivity index (χ1v) is 12.3. The molecule has 100 valence electrons. The monoisotopic (exact) mass is 271 g/mol. The van der Waals surface area contributed by atoms with Crippen molar-refractivity contribution in [1.82, 2.24) is 0 Å². The lowest BCUT2D eigenvalue weighted by Crippen LogP contribution is -2.21. The average molecular weight is 272 g/mol. The summed E-state index contributed by atoms with van der Waals surface area (Å²) in [4.78, 5) is 4.87. The molecule has 1 aliphatic carbocycles. The standard InChI is InChI=1S/C14H29NSSi/c1-5-14(16-17(2,3)4)12-15-13-10-8-6-7-9-11-13/h12-14H,5-11H2,1-4H3/b15-12+. The van der Waals surface area contributed by atoms with Crippen molar-refractivity contribution in [2.75, 3.05) is 0 Å². The minimum absolute atomic E-state index is 0.633. The Bertz CT molecular complexity index is 227. The maximum absolute atomic E-state index is 4.87. The van der Waals surface area contributed by atoms with Crippen LogP contribution in [0.3, 0.4) is 0 Å². The second-order valence-electron chi connectivity index (χ2n) is 6.12. The number of hydrogen-bond acceptors (Lipinski definition) is 2. The maximum Gasteiger partial charge on any atom is 0.109 e. The normalized spacial score (nSPS) is 21.6. The molecule has 1 saturated carbocycles. The summed E-state index contributed by atoms with van der Waals surface area (Å²) in [6.07, 6.45) is 11.8. The first kappa shape index (κ1) is 15.3. The van der Waals surface area contributed by atoms with Crippen LogP contribution in [0, 0.1) is 0 Å². The number of hydrogen-bond donors (Lipinski definition) is 0. The molecule has 1 aliphatic rings. The Labute approximate surface area is 113 Å². The molecule has 0 aromatic carbocycles. The van der Waals surface area contributed by atoms with Gasteiger partial charge < -0.3 is 0 Å². The molecule has 1 fully saturated rings. The molecular weight excluding hydrogens is 242 g/mol. The molecule has 0 spiro atoms. The highest BCUT2D eigenvalue weighted by Crippen LogP contribution is 2.26. The third kappa shape index (κ3) is 7.30. The van der Waals surface area contributed by atoms with E-state index in [1.807, 2.05) is 0 Å². The van der Waals surface area contributed by atoms with E-state index in [-0.39, 0.29) is 0 Å². The molecule has 0 saturated heterocycles. The van der Waals surface area contributed by atoms with Crippen LogP contribution in [-0.2, 0) is 0 Å². The van der Waals surface area contributed by atoms with Gasteiger partial charge in [-0.3, -0.25) is 4.99 Å². The van der Waals surface area contributed by atoms with Crippen LogP contribution < -0.4 is 0 Å². The van der Waals surface area contributed by atoms with Crippen LogP contribution in [0.2, 0.25) is 19.6 Å². The molecule has 0 aliphatic heterocycles. The van der Waals surface area contributed by atoms with Crippen LogP contribution in [0.1, 0.15) is 51.9 Å². The highest BCUT2D eigenvalue weighted by Gasteiger charge is 2.19. The fourth-order valence-electron chi connectivity index (χ4n) is 2.30. The van der Waals surface area contributed by atoms with Gasteiger partial charge in [-0.05, 0) is 19.3 Å². The highest BCUT2D eigenvalue weighted by molar-refractivity contribution is 8.29. The minimum atomic E-state index is -1.01. The molecule has 0 N–H and O–H groups in total. The topological polar surface area (TPSA) is 12.4 Å². The Morgan fingerprint density at radius 3 is 2.24 bits per heavy atom. The molecule has 3 heteroatoms. The molecule has 0 amide bonds. The quantitative estimate of drug-likeness (QED) is 0.384. The zero-order valence-corrected chi connectivity index (χ0v) is 13.9. The third-order valence-corrected chi connectivity index (χ3v) is 7.69. The Morgan fingerprint density at radius 1 is 1.18 bits per heavy atom. The summed E-state index contributed by atoms with van der Waals surface area (Å²) in [5.74, 6) is 0. The fraction of sp³-hybridized carbons (Fsp3) is 0.929. The summed E-state index contributed by atoms with van der Waals surface area (Å²) in [5, 5.41) is 0.657. The molecule has 0 radical (unpaired) electrons. The predicted octanol–water partition coefficient (Wildman–Crippen LogP) is 5.13. The van der Waals surface area contributed by atoms with E-state index >= 15 is 0 Å². The number of nitrogens with zero attached hydrogens (tertiary/aromatic N) is 1. The fourth-order valence-corrected chi connectivity index (χ4v) is 6.91. The van der Waals surface area contributed by atoms with E-state index in [4.69, 9.17) is 4.99 Å².